The van der Waals surface area contributed by atoms with Crippen LogP contribution >= 0.6 is 0 Å². The van der Waals surface area contributed by atoms with Crippen molar-refractivity contribution >= 4 is 105 Å². The van der Waals surface area contributed by atoms with Gasteiger partial charge in [0.2, 0.25) is 0 Å². The van der Waals surface area contributed by atoms with Crippen LogP contribution in [0.15, 0.2) is 261 Å². The topological polar surface area (TPSA) is 86.0 Å². The Kier molecular flexibility index (Phi) is 11.2. The van der Waals surface area contributed by atoms with Crippen molar-refractivity contribution in [2.24, 2.45) is 0 Å². The maximum atomic E-state index is 10.2. The maximum Gasteiger partial charge on any atom is 0.0992 e. The van der Waals surface area contributed by atoms with Crippen molar-refractivity contribution in [3.05, 3.63) is 278 Å². The summed E-state index contributed by atoms with van der Waals surface area (Å²) in [7, 11) is 0. The number of nitriles is 3. The molecule has 0 unspecified atom stereocenters. The predicted molar refractivity (Wildman–Crippen MR) is 311 cm³/mol. The van der Waals surface area contributed by atoms with Crippen molar-refractivity contribution in [3.8, 4) is 23.9 Å². The van der Waals surface area contributed by atoms with Crippen LogP contribution in [-0.4, -0.2) is 4.57 Å². The molecule has 0 N–H and O–H groups in total. The van der Waals surface area contributed by atoms with Gasteiger partial charge in [-0.1, -0.05) is 127 Å². The number of rotatable bonds is 10. The van der Waals surface area contributed by atoms with Gasteiger partial charge in [0.15, 0.2) is 0 Å². The molecular formula is C69H43N7. The Bertz CT molecular complexity index is 4340. The molecule has 354 valence electrons. The molecule has 0 atom stereocenters. The highest BCUT2D eigenvalue weighted by Crippen LogP contribution is 2.46. The molecule has 0 saturated carbocycles. The number of fused-ring (bicyclic) bond motifs is 6. The first-order chi connectivity index (χ1) is 37.5. The Morgan fingerprint density at radius 1 is 0.263 bits per heavy atom. The monoisotopic (exact) mass is 969 g/mol. The van der Waals surface area contributed by atoms with Crippen LogP contribution in [0.25, 0.3) is 59.8 Å². The summed E-state index contributed by atoms with van der Waals surface area (Å²) >= 11 is 0. The first-order valence-corrected chi connectivity index (χ1v) is 25.1. The SMILES string of the molecule is N#Cc1cccc(N(c2ccc(-n3c4ccc(N(c5cccc(C#N)c5)c5cccc6ccccc56)cc4c4cc(N(c5cccc(C#N)c5)c5cccc6ccccc56)ccc43)cc2)c2cccc3ccccc23)c1. The van der Waals surface area contributed by atoms with Crippen molar-refractivity contribution in [2.75, 3.05) is 14.7 Å². The van der Waals surface area contributed by atoms with E-state index in [-0.39, 0.29) is 0 Å². The quantitative estimate of drug-likeness (QED) is 0.136. The Hall–Kier alpha value is -10.9. The minimum Gasteiger partial charge on any atom is -0.310 e. The molecule has 0 aliphatic rings. The molecule has 76 heavy (non-hydrogen) atoms. The van der Waals surface area contributed by atoms with E-state index in [1.165, 1.54) is 0 Å². The van der Waals surface area contributed by atoms with Crippen LogP contribution in [0.3, 0.4) is 0 Å². The molecule has 7 heteroatoms. The molecule has 0 fully saturated rings. The molecule has 7 nitrogen and oxygen atoms in total. The van der Waals surface area contributed by atoms with E-state index >= 15 is 0 Å². The van der Waals surface area contributed by atoms with Gasteiger partial charge < -0.3 is 19.3 Å². The van der Waals surface area contributed by atoms with E-state index in [9.17, 15) is 15.8 Å². The van der Waals surface area contributed by atoms with E-state index in [4.69, 9.17) is 0 Å². The van der Waals surface area contributed by atoms with Crippen LogP contribution in [0.4, 0.5) is 51.2 Å². The smallest absolute Gasteiger partial charge is 0.0992 e. The van der Waals surface area contributed by atoms with Gasteiger partial charge in [0.1, 0.15) is 0 Å². The average molecular weight is 970 g/mol. The number of hydrogen-bond donors (Lipinski definition) is 0. The number of hydrogen-bond acceptors (Lipinski definition) is 6. The second-order valence-electron chi connectivity index (χ2n) is 18.7. The predicted octanol–water partition coefficient (Wildman–Crippen LogP) is 18.3. The van der Waals surface area contributed by atoms with Crippen molar-refractivity contribution in [1.29, 1.82) is 15.8 Å². The van der Waals surface area contributed by atoms with Crippen LogP contribution in [-0.2, 0) is 0 Å². The summed E-state index contributed by atoms with van der Waals surface area (Å²) in [6.07, 6.45) is 0. The number of anilines is 9. The van der Waals surface area contributed by atoms with Crippen molar-refractivity contribution in [2.45, 2.75) is 0 Å². The normalized spacial score (nSPS) is 11.1. The van der Waals surface area contributed by atoms with Gasteiger partial charge in [0.25, 0.3) is 0 Å². The molecule has 0 bridgehead atoms. The van der Waals surface area contributed by atoms with E-state index in [1.807, 2.05) is 54.6 Å². The standard InChI is InChI=1S/C69H43N7/c70-44-47-13-7-22-55(39-47)73(65-28-10-19-50-16-1-4-25-60(50)65)53-31-33-54(34-32-53)76-68-37-35-58(74(56-23-8-14-48(40-56)45-71)66-29-11-20-51-17-2-5-26-61(51)66)42-63(68)64-43-59(36-38-69(64)76)75(57-24-9-15-49(41-57)46-72)67-30-12-21-52-18-3-6-27-62(52)67/h1-43H. The summed E-state index contributed by atoms with van der Waals surface area (Å²) in [5.41, 5.74) is 13.1. The minimum atomic E-state index is 0.569. The lowest BCUT2D eigenvalue weighted by Gasteiger charge is -2.27. The van der Waals surface area contributed by atoms with Crippen LogP contribution in [0.2, 0.25) is 0 Å². The number of aromatic nitrogens is 1. The fraction of sp³-hybridized carbons (Fsp3) is 0. The molecule has 12 aromatic carbocycles. The molecule has 13 rings (SSSR count). The largest absolute Gasteiger partial charge is 0.310 e. The third kappa shape index (κ3) is 7.84. The highest BCUT2D eigenvalue weighted by molar-refractivity contribution is 6.13. The molecule has 1 heterocycles. The van der Waals surface area contributed by atoms with Crippen LogP contribution in [0.1, 0.15) is 16.7 Å². The third-order valence-corrected chi connectivity index (χ3v) is 14.3. The van der Waals surface area contributed by atoms with Gasteiger partial charge in [-0.2, -0.15) is 15.8 Å². The lowest BCUT2D eigenvalue weighted by molar-refractivity contribution is 1.17. The zero-order valence-electron chi connectivity index (χ0n) is 41.0. The Morgan fingerprint density at radius 3 is 0.961 bits per heavy atom. The molecule has 0 spiro atoms. The molecule has 0 saturated heterocycles. The van der Waals surface area contributed by atoms with Crippen molar-refractivity contribution in [1.82, 2.24) is 4.57 Å². The molecule has 0 aliphatic carbocycles. The van der Waals surface area contributed by atoms with Gasteiger partial charge in [-0.05, 0) is 150 Å². The van der Waals surface area contributed by atoms with Gasteiger partial charge >= 0.3 is 0 Å². The van der Waals surface area contributed by atoms with Gasteiger partial charge in [-0.15, -0.1) is 0 Å². The zero-order valence-corrected chi connectivity index (χ0v) is 41.0. The average Bonchev–Trinajstić information content (AvgIpc) is 3.90. The molecule has 1 aromatic heterocycles. The van der Waals surface area contributed by atoms with E-state index in [0.29, 0.717) is 16.7 Å². The first-order valence-electron chi connectivity index (χ1n) is 25.1. The highest BCUT2D eigenvalue weighted by atomic mass is 15.2. The van der Waals surface area contributed by atoms with Gasteiger partial charge in [-0.25, -0.2) is 0 Å². The van der Waals surface area contributed by atoms with Gasteiger partial charge in [0, 0.05) is 66.7 Å². The Morgan fingerprint density at radius 2 is 0.579 bits per heavy atom. The van der Waals surface area contributed by atoms with Crippen LogP contribution < -0.4 is 14.7 Å². The minimum absolute atomic E-state index is 0.569. The third-order valence-electron chi connectivity index (χ3n) is 14.3. The second-order valence-corrected chi connectivity index (χ2v) is 18.7. The summed E-state index contributed by atoms with van der Waals surface area (Å²) in [5, 5.41) is 39.0. The summed E-state index contributed by atoms with van der Waals surface area (Å²) < 4.78 is 2.33. The fourth-order valence-electron chi connectivity index (χ4n) is 10.9. The first kappa shape index (κ1) is 45.0. The summed E-state index contributed by atoms with van der Waals surface area (Å²) in [4.78, 5) is 6.73. The maximum absolute atomic E-state index is 10.2. The Balaban J connectivity index is 1.05. The van der Waals surface area contributed by atoms with E-state index < -0.39 is 0 Å². The summed E-state index contributed by atoms with van der Waals surface area (Å²) in [6.45, 7) is 0. The fourth-order valence-corrected chi connectivity index (χ4v) is 10.9. The van der Waals surface area contributed by atoms with Crippen molar-refractivity contribution in [3.63, 3.8) is 0 Å². The lowest BCUT2D eigenvalue weighted by Crippen LogP contribution is -2.11. The molecule has 0 amide bonds. The van der Waals surface area contributed by atoms with E-state index in [0.717, 1.165) is 111 Å². The molecular weight excluding hydrogens is 927 g/mol. The van der Waals surface area contributed by atoms with Gasteiger partial charge in [0.05, 0.1) is 63.0 Å². The van der Waals surface area contributed by atoms with E-state index in [2.05, 4.69) is 244 Å². The molecule has 0 radical (unpaired) electrons. The highest BCUT2D eigenvalue weighted by Gasteiger charge is 2.23. The summed E-state index contributed by atoms with van der Waals surface area (Å²) in [6, 6.07) is 96.7. The van der Waals surface area contributed by atoms with Crippen LogP contribution in [0.5, 0.6) is 0 Å². The molecule has 13 aromatic rings. The van der Waals surface area contributed by atoms with Gasteiger partial charge in [-0.3, -0.25) is 0 Å². The summed E-state index contributed by atoms with van der Waals surface area (Å²) in [5.74, 6) is 0. The van der Waals surface area contributed by atoms with E-state index in [1.54, 1.807) is 0 Å². The zero-order chi connectivity index (χ0) is 51.1. The second kappa shape index (κ2) is 18.9. The van der Waals surface area contributed by atoms with Crippen molar-refractivity contribution < 1.29 is 0 Å². The van der Waals surface area contributed by atoms with Crippen LogP contribution in [0, 0.1) is 34.0 Å². The Labute approximate surface area is 439 Å². The number of nitrogens with zero attached hydrogens (tertiary/aromatic N) is 7. The lowest BCUT2D eigenvalue weighted by atomic mass is 10.0. The molecule has 0 aliphatic heterocycles. The number of benzene rings is 12.